The van der Waals surface area contributed by atoms with Gasteiger partial charge in [0.15, 0.2) is 0 Å². The molecule has 0 amide bonds. The first-order valence-electron chi connectivity index (χ1n) is 46.4. The number of nitrogens with zero attached hydrogens (tertiary/aromatic N) is 3. The van der Waals surface area contributed by atoms with Gasteiger partial charge in [-0.3, -0.25) is 0 Å². The average Bonchev–Trinajstić information content (AvgIpc) is 1.56. The van der Waals surface area contributed by atoms with E-state index < -0.39 is 0 Å². The minimum absolute atomic E-state index is 0.330. The maximum Gasteiger partial charge on any atom is 0.0467 e. The van der Waals surface area contributed by atoms with Crippen molar-refractivity contribution in [2.24, 2.45) is 0 Å². The summed E-state index contributed by atoms with van der Waals surface area (Å²) < 4.78 is 0. The van der Waals surface area contributed by atoms with E-state index in [1.165, 1.54) is 148 Å². The van der Waals surface area contributed by atoms with Crippen molar-refractivity contribution in [1.29, 1.82) is 0 Å². The van der Waals surface area contributed by atoms with Gasteiger partial charge in [-0.15, -0.1) is 0 Å². The molecule has 0 heterocycles. The van der Waals surface area contributed by atoms with Crippen LogP contribution in [0.15, 0.2) is 516 Å². The predicted octanol–water partition coefficient (Wildman–Crippen LogP) is 36.8. The molecule has 23 aromatic rings. The van der Waals surface area contributed by atoms with E-state index in [0.29, 0.717) is 0 Å². The summed E-state index contributed by atoms with van der Waals surface area (Å²) in [5, 5.41) is 12.1. The molecule has 0 radical (unpaired) electrons. The van der Waals surface area contributed by atoms with Crippen LogP contribution in [-0.2, 0) is 5.41 Å². The van der Waals surface area contributed by atoms with Crippen molar-refractivity contribution in [2.75, 3.05) is 14.7 Å². The van der Waals surface area contributed by atoms with Crippen molar-refractivity contribution in [2.45, 2.75) is 19.3 Å². The van der Waals surface area contributed by atoms with Gasteiger partial charge in [-0.2, -0.15) is 0 Å². The van der Waals surface area contributed by atoms with Crippen LogP contribution in [0.3, 0.4) is 0 Å². The second kappa shape index (κ2) is 34.0. The molecule has 1 aliphatic rings. The zero-order chi connectivity index (χ0) is 89.2. The smallest absolute Gasteiger partial charge is 0.0467 e. The van der Waals surface area contributed by atoms with E-state index in [1.807, 2.05) is 0 Å². The third-order valence-corrected chi connectivity index (χ3v) is 27.6. The Hall–Kier alpha value is -17.2. The van der Waals surface area contributed by atoms with Crippen LogP contribution < -0.4 is 14.7 Å². The van der Waals surface area contributed by atoms with Gasteiger partial charge < -0.3 is 14.7 Å². The second-order valence-electron chi connectivity index (χ2n) is 35.8. The second-order valence-corrected chi connectivity index (χ2v) is 35.8. The maximum atomic E-state index is 2.48. The van der Waals surface area contributed by atoms with Gasteiger partial charge in [0.1, 0.15) is 0 Å². The van der Waals surface area contributed by atoms with E-state index in [4.69, 9.17) is 0 Å². The van der Waals surface area contributed by atoms with E-state index in [1.54, 1.807) is 0 Å². The highest BCUT2D eigenvalue weighted by molar-refractivity contribution is 6.10. The monoisotopic (exact) mass is 1710 g/mol. The fraction of sp³-hybridized carbons (Fsp3) is 0.0229. The molecule has 3 nitrogen and oxygen atoms in total. The lowest BCUT2D eigenvalue weighted by atomic mass is 9.81. The largest absolute Gasteiger partial charge is 0.310 e. The Balaban J connectivity index is 0.546. The van der Waals surface area contributed by atoms with Crippen LogP contribution in [0.2, 0.25) is 0 Å². The summed E-state index contributed by atoms with van der Waals surface area (Å²) in [5.74, 6) is 0. The molecule has 3 heteroatoms. The van der Waals surface area contributed by atoms with Crippen molar-refractivity contribution in [3.63, 3.8) is 0 Å². The molecule has 0 saturated carbocycles. The summed E-state index contributed by atoms with van der Waals surface area (Å²) in [6.07, 6.45) is 0. The molecular weight excluding hydrogens is 1620 g/mol. The number of hydrogen-bond donors (Lipinski definition) is 0. The van der Waals surface area contributed by atoms with Crippen LogP contribution in [0.25, 0.3) is 176 Å². The van der Waals surface area contributed by atoms with Gasteiger partial charge in [0.25, 0.3) is 0 Å². The molecule has 23 aromatic carbocycles. The lowest BCUT2D eigenvalue weighted by Gasteiger charge is -2.29. The van der Waals surface area contributed by atoms with Crippen molar-refractivity contribution < 1.29 is 0 Å². The molecule has 630 valence electrons. The Kier molecular flexibility index (Phi) is 20.3. The third kappa shape index (κ3) is 14.7. The molecule has 0 spiro atoms. The van der Waals surface area contributed by atoms with Crippen LogP contribution >= 0.6 is 0 Å². The lowest BCUT2D eigenvalue weighted by molar-refractivity contribution is 0.660. The minimum Gasteiger partial charge on any atom is -0.310 e. The van der Waals surface area contributed by atoms with Crippen LogP contribution in [0.1, 0.15) is 25.0 Å². The number of benzene rings is 23. The van der Waals surface area contributed by atoms with Gasteiger partial charge in [-0.1, -0.05) is 408 Å². The molecule has 0 bridgehead atoms. The number of hydrogen-bond acceptors (Lipinski definition) is 3. The molecule has 24 rings (SSSR count). The van der Waals surface area contributed by atoms with E-state index >= 15 is 0 Å². The van der Waals surface area contributed by atoms with Gasteiger partial charge in [-0.05, 0) is 309 Å². The van der Waals surface area contributed by atoms with Crippen molar-refractivity contribution in [3.8, 4) is 122 Å². The van der Waals surface area contributed by atoms with E-state index in [9.17, 15) is 0 Å². The van der Waals surface area contributed by atoms with Gasteiger partial charge >= 0.3 is 0 Å². The Morgan fingerprint density at radius 3 is 0.754 bits per heavy atom. The molecule has 0 unspecified atom stereocenters. The maximum absolute atomic E-state index is 2.48. The van der Waals surface area contributed by atoms with Gasteiger partial charge in [0.05, 0.1) is 0 Å². The SMILES string of the molecule is CC1(C)c2cc(-c3ccc(-c4cccc(N(c5cccc(-c6ccccc6)c5)c5cccc(-c6cccc7cc(-c8ccc(-c9cccc(N(c%10ccc(-c%11cccc%12ccccc%11%12)cc%10)c%10cccc(-c%11ccccc%11)c%10)c9)c9ccccc89)ccc67)c5)c4)c4ccccc34)ccc2-c2ccc(N(c3cccc(-c4ccccc4)c3)c3cccc(-c4cccc5ccccc45)c3)cc21. The van der Waals surface area contributed by atoms with Crippen molar-refractivity contribution in [1.82, 2.24) is 0 Å². The van der Waals surface area contributed by atoms with Gasteiger partial charge in [0, 0.05) is 56.6 Å². The normalized spacial score (nSPS) is 12.0. The average molecular weight is 1710 g/mol. The first kappa shape index (κ1) is 80.1. The molecule has 1 aliphatic carbocycles. The standard InChI is InChI=1S/C131H91N3/c1-131(2)129-86-103(67-72-127(129)128-73-70-112(87-130(128)131)134(107-50-22-42-96(81-107)90-34-10-5-11-35-90)111-54-23-43-98(82-111)116-62-28-39-92-37-13-15-56-114(92)116)122-77-75-120(124-58-17-19-60-126(122)124)101-46-26-53-110(85-101)133(106-49-21-41-95(80-106)89-32-8-4-9-33-89)109-52-24-44-99(83-109)117-63-29-47-97-78-102(66-71-118(97)117)121-76-74-119(123-57-16-18-59-125(121)123)100-45-25-51-108(84-100)132(105-48-20-40-94(79-105)88-30-6-3-7-31-88)104-68-64-93(65-69-104)115-61-27-38-91-36-12-14-55-113(91)115/h3-87H,1-2H3. The summed E-state index contributed by atoms with van der Waals surface area (Å²) in [7, 11) is 0. The number of anilines is 9. The first-order chi connectivity index (χ1) is 66.2. The summed E-state index contributed by atoms with van der Waals surface area (Å²) >= 11 is 0. The minimum atomic E-state index is -0.330. The molecule has 0 saturated heterocycles. The molecule has 134 heavy (non-hydrogen) atoms. The Labute approximate surface area is 782 Å². The fourth-order valence-electron chi connectivity index (χ4n) is 21.0. The highest BCUT2D eigenvalue weighted by Gasteiger charge is 2.37. The fourth-order valence-corrected chi connectivity index (χ4v) is 21.0. The predicted molar refractivity (Wildman–Crippen MR) is 570 cm³/mol. The Morgan fingerprint density at radius 1 is 0.127 bits per heavy atom. The van der Waals surface area contributed by atoms with Crippen LogP contribution in [0.4, 0.5) is 51.2 Å². The molecular formula is C131H91N3. The van der Waals surface area contributed by atoms with Gasteiger partial charge in [-0.25, -0.2) is 0 Å². The molecule has 0 aliphatic heterocycles. The summed E-state index contributed by atoms with van der Waals surface area (Å²) in [4.78, 5) is 7.29. The molecule has 0 atom stereocenters. The van der Waals surface area contributed by atoms with Crippen LogP contribution in [-0.4, -0.2) is 0 Å². The summed E-state index contributed by atoms with van der Waals surface area (Å²) in [6.45, 7) is 4.82. The van der Waals surface area contributed by atoms with E-state index in [2.05, 4.69) is 544 Å². The lowest BCUT2D eigenvalue weighted by Crippen LogP contribution is -2.16. The summed E-state index contributed by atoms with van der Waals surface area (Å²) in [6, 6.07) is 191. The topological polar surface area (TPSA) is 9.72 Å². The molecule has 0 N–H and O–H groups in total. The Bertz CT molecular complexity index is 8470. The highest BCUT2D eigenvalue weighted by atomic mass is 15.2. The summed E-state index contributed by atoms with van der Waals surface area (Å²) in [5.41, 5.74) is 38.0. The van der Waals surface area contributed by atoms with Crippen molar-refractivity contribution >= 4 is 105 Å². The van der Waals surface area contributed by atoms with E-state index in [0.717, 1.165) is 90.1 Å². The third-order valence-electron chi connectivity index (χ3n) is 27.6. The van der Waals surface area contributed by atoms with Crippen LogP contribution in [0.5, 0.6) is 0 Å². The Morgan fingerprint density at radius 2 is 0.358 bits per heavy atom. The number of rotatable bonds is 19. The van der Waals surface area contributed by atoms with Gasteiger partial charge in [0.2, 0.25) is 0 Å². The first-order valence-corrected chi connectivity index (χ1v) is 46.4. The van der Waals surface area contributed by atoms with E-state index in [-0.39, 0.29) is 5.41 Å². The number of fused-ring (bicyclic) bond motifs is 8. The van der Waals surface area contributed by atoms with Crippen LogP contribution in [0, 0.1) is 0 Å². The zero-order valence-corrected chi connectivity index (χ0v) is 74.4. The zero-order valence-electron chi connectivity index (χ0n) is 74.4. The molecule has 0 aromatic heterocycles. The van der Waals surface area contributed by atoms with Crippen molar-refractivity contribution in [3.05, 3.63) is 527 Å². The molecule has 0 fully saturated rings. The highest BCUT2D eigenvalue weighted by Crippen LogP contribution is 2.54. The quantitative estimate of drug-likeness (QED) is 0.0799.